The van der Waals surface area contributed by atoms with Crippen LogP contribution in [0.25, 0.3) is 0 Å². The van der Waals surface area contributed by atoms with Crippen LogP contribution in [0, 0.1) is 11.8 Å². The lowest BCUT2D eigenvalue weighted by molar-refractivity contribution is -0.145. The van der Waals surface area contributed by atoms with E-state index in [1.165, 1.54) is 5.56 Å². The van der Waals surface area contributed by atoms with Crippen LogP contribution in [-0.2, 0) is 16.1 Å². The third-order valence-corrected chi connectivity index (χ3v) is 3.65. The maximum absolute atomic E-state index is 11.9. The number of rotatable bonds is 2. The van der Waals surface area contributed by atoms with Gasteiger partial charge in [0.1, 0.15) is 5.78 Å². The van der Waals surface area contributed by atoms with Gasteiger partial charge in [0.25, 0.3) is 0 Å². The zero-order valence-corrected chi connectivity index (χ0v) is 11.1. The highest BCUT2D eigenvalue weighted by molar-refractivity contribution is 5.85. The second-order valence-corrected chi connectivity index (χ2v) is 5.01. The fourth-order valence-electron chi connectivity index (χ4n) is 2.80. The number of ketones is 1. The summed E-state index contributed by atoms with van der Waals surface area (Å²) in [4.78, 5) is 14.3. The molecule has 2 bridgehead atoms. The zero-order valence-electron chi connectivity index (χ0n) is 10.2. The Balaban J connectivity index is 0.00000120. The number of carbonyl (C=O) groups excluding carboxylic acids is 1. The molecule has 4 heteroatoms. The van der Waals surface area contributed by atoms with Gasteiger partial charge in [-0.15, -0.1) is 12.4 Å². The van der Waals surface area contributed by atoms with Crippen LogP contribution >= 0.6 is 12.4 Å². The summed E-state index contributed by atoms with van der Waals surface area (Å²) in [5.41, 5.74) is 1.32. The summed E-state index contributed by atoms with van der Waals surface area (Å²) in [6, 6.07) is 10.4. The first kappa shape index (κ1) is 13.5. The smallest absolute Gasteiger partial charge is 0.146 e. The lowest BCUT2D eigenvalue weighted by atomic mass is 9.86. The minimum Gasteiger partial charge on any atom is -0.380 e. The van der Waals surface area contributed by atoms with Crippen LogP contribution in [0.1, 0.15) is 5.56 Å². The maximum atomic E-state index is 11.9. The Hall–Kier alpha value is -0.900. The molecule has 0 aliphatic carbocycles. The van der Waals surface area contributed by atoms with Crippen molar-refractivity contribution < 1.29 is 9.53 Å². The number of fused-ring (bicyclic) bond motifs is 2. The fraction of sp³-hybridized carbons (Fsp3) is 0.500. The summed E-state index contributed by atoms with van der Waals surface area (Å²) in [6.07, 6.45) is 0. The molecule has 98 valence electrons. The summed E-state index contributed by atoms with van der Waals surface area (Å²) in [6.45, 7) is 3.87. The molecular formula is C14H18ClNO2. The number of hydrogen-bond donors (Lipinski definition) is 0. The highest BCUT2D eigenvalue weighted by Crippen LogP contribution is 2.24. The first-order chi connectivity index (χ1) is 8.33. The molecule has 2 saturated heterocycles. The molecule has 2 heterocycles. The molecule has 2 unspecified atom stereocenters. The third kappa shape index (κ3) is 2.74. The monoisotopic (exact) mass is 267 g/mol. The van der Waals surface area contributed by atoms with Crippen molar-refractivity contribution in [1.82, 2.24) is 4.90 Å². The molecule has 0 amide bonds. The Bertz CT molecular complexity index is 394. The molecule has 3 rings (SSSR count). The molecule has 1 aromatic rings. The van der Waals surface area contributed by atoms with Crippen LogP contribution in [0.4, 0.5) is 0 Å². The first-order valence-electron chi connectivity index (χ1n) is 6.20. The number of halogens is 1. The number of piperidine rings is 1. The topological polar surface area (TPSA) is 29.5 Å². The molecule has 1 aromatic carbocycles. The highest BCUT2D eigenvalue weighted by atomic mass is 35.5. The Morgan fingerprint density at radius 2 is 1.72 bits per heavy atom. The Morgan fingerprint density at radius 1 is 1.11 bits per heavy atom. The molecular weight excluding hydrogens is 250 g/mol. The van der Waals surface area contributed by atoms with E-state index >= 15 is 0 Å². The van der Waals surface area contributed by atoms with Crippen molar-refractivity contribution in [3.8, 4) is 0 Å². The van der Waals surface area contributed by atoms with E-state index < -0.39 is 0 Å². The van der Waals surface area contributed by atoms with Crippen molar-refractivity contribution in [1.29, 1.82) is 0 Å². The van der Waals surface area contributed by atoms with E-state index in [2.05, 4.69) is 29.2 Å². The third-order valence-electron chi connectivity index (χ3n) is 3.65. The van der Waals surface area contributed by atoms with Gasteiger partial charge in [-0.05, 0) is 5.56 Å². The van der Waals surface area contributed by atoms with Crippen molar-refractivity contribution >= 4 is 18.2 Å². The summed E-state index contributed by atoms with van der Waals surface area (Å²) < 4.78 is 5.46. The number of hydrogen-bond acceptors (Lipinski definition) is 3. The maximum Gasteiger partial charge on any atom is 0.146 e. The number of carbonyl (C=O) groups is 1. The largest absolute Gasteiger partial charge is 0.380 e. The van der Waals surface area contributed by atoms with Crippen LogP contribution in [-0.4, -0.2) is 37.0 Å². The van der Waals surface area contributed by atoms with Crippen LogP contribution in [0.15, 0.2) is 30.3 Å². The van der Waals surface area contributed by atoms with E-state index in [0.29, 0.717) is 19.0 Å². The highest BCUT2D eigenvalue weighted by Gasteiger charge is 2.38. The van der Waals surface area contributed by atoms with Gasteiger partial charge in [-0.25, -0.2) is 0 Å². The van der Waals surface area contributed by atoms with Gasteiger partial charge in [0.15, 0.2) is 0 Å². The second-order valence-electron chi connectivity index (χ2n) is 5.01. The number of nitrogens with zero attached hydrogens (tertiary/aromatic N) is 1. The van der Waals surface area contributed by atoms with Gasteiger partial charge in [0.2, 0.25) is 0 Å². The standard InChI is InChI=1S/C14H17NO2.ClH/c16-14-12-7-15(8-13(14)10-17-9-12)6-11-4-2-1-3-5-11;/h1-5,12-13H,6-10H2;1H. The zero-order chi connectivity index (χ0) is 11.7. The SMILES string of the molecule is Cl.O=C1C2COCC1CN(Cc1ccccc1)C2. The van der Waals surface area contributed by atoms with E-state index in [1.807, 2.05) is 6.07 Å². The minimum atomic E-state index is 0. The minimum absolute atomic E-state index is 0. The average Bonchev–Trinajstić information content (AvgIpc) is 2.32. The molecule has 2 atom stereocenters. The predicted octanol–water partition coefficient (Wildman–Crippen LogP) is 1.76. The molecule has 0 radical (unpaired) electrons. The molecule has 2 fully saturated rings. The Morgan fingerprint density at radius 3 is 2.33 bits per heavy atom. The summed E-state index contributed by atoms with van der Waals surface area (Å²) in [5, 5.41) is 0. The number of Topliss-reactive ketones (excluding diaryl/α,β-unsaturated/α-hetero) is 1. The van der Waals surface area contributed by atoms with E-state index in [9.17, 15) is 4.79 Å². The van der Waals surface area contributed by atoms with E-state index in [1.54, 1.807) is 0 Å². The summed E-state index contributed by atoms with van der Waals surface area (Å²) >= 11 is 0. The van der Waals surface area contributed by atoms with Crippen LogP contribution < -0.4 is 0 Å². The first-order valence-corrected chi connectivity index (χ1v) is 6.20. The molecule has 0 aromatic heterocycles. The summed E-state index contributed by atoms with van der Waals surface area (Å²) in [5.74, 6) is 0.623. The van der Waals surface area contributed by atoms with E-state index in [4.69, 9.17) is 4.74 Å². The molecule has 18 heavy (non-hydrogen) atoms. The van der Waals surface area contributed by atoms with Crippen molar-refractivity contribution in [2.24, 2.45) is 11.8 Å². The van der Waals surface area contributed by atoms with Gasteiger partial charge >= 0.3 is 0 Å². The van der Waals surface area contributed by atoms with E-state index in [0.717, 1.165) is 19.6 Å². The van der Waals surface area contributed by atoms with Gasteiger partial charge in [-0.2, -0.15) is 0 Å². The molecule has 0 spiro atoms. The molecule has 0 N–H and O–H groups in total. The van der Waals surface area contributed by atoms with Gasteiger partial charge in [0.05, 0.1) is 25.0 Å². The Labute approximate surface area is 114 Å². The fourth-order valence-corrected chi connectivity index (χ4v) is 2.80. The van der Waals surface area contributed by atoms with Crippen molar-refractivity contribution in [3.63, 3.8) is 0 Å². The van der Waals surface area contributed by atoms with Gasteiger partial charge < -0.3 is 4.74 Å². The molecule has 0 saturated carbocycles. The predicted molar refractivity (Wildman–Crippen MR) is 71.8 cm³/mol. The second kappa shape index (κ2) is 5.83. The normalized spacial score (nSPS) is 27.7. The lowest BCUT2D eigenvalue weighted by Gasteiger charge is -2.39. The number of ether oxygens (including phenoxy) is 1. The van der Waals surface area contributed by atoms with Gasteiger partial charge in [0, 0.05) is 19.6 Å². The quantitative estimate of drug-likeness (QED) is 0.818. The van der Waals surface area contributed by atoms with Gasteiger partial charge in [-0.1, -0.05) is 30.3 Å². The average molecular weight is 268 g/mol. The molecule has 2 aliphatic heterocycles. The Kier molecular flexibility index (Phi) is 4.38. The van der Waals surface area contributed by atoms with Gasteiger partial charge in [-0.3, -0.25) is 9.69 Å². The van der Waals surface area contributed by atoms with E-state index in [-0.39, 0.29) is 24.2 Å². The van der Waals surface area contributed by atoms with Crippen LogP contribution in [0.3, 0.4) is 0 Å². The van der Waals surface area contributed by atoms with Crippen LogP contribution in [0.2, 0.25) is 0 Å². The number of benzene rings is 1. The van der Waals surface area contributed by atoms with Crippen LogP contribution in [0.5, 0.6) is 0 Å². The van der Waals surface area contributed by atoms with Crippen molar-refractivity contribution in [3.05, 3.63) is 35.9 Å². The van der Waals surface area contributed by atoms with Crippen molar-refractivity contribution in [2.75, 3.05) is 26.3 Å². The molecule has 3 nitrogen and oxygen atoms in total. The van der Waals surface area contributed by atoms with Crippen molar-refractivity contribution in [2.45, 2.75) is 6.54 Å². The summed E-state index contributed by atoms with van der Waals surface area (Å²) in [7, 11) is 0. The number of likely N-dealkylation sites (tertiary alicyclic amines) is 1. The molecule has 2 aliphatic rings. The lowest BCUT2D eigenvalue weighted by Crippen LogP contribution is -2.52.